The SMILES string of the molecule is O=C1/C(=C\c2ccc3ccccc3n2)Nc2ccccc21. The number of hydrogen-bond acceptors (Lipinski definition) is 3. The molecule has 2 aromatic carbocycles. The van der Waals surface area contributed by atoms with Gasteiger partial charge in [0, 0.05) is 16.6 Å². The number of allylic oxidation sites excluding steroid dienone is 1. The van der Waals surface area contributed by atoms with Crippen molar-refractivity contribution >= 4 is 28.4 Å². The topological polar surface area (TPSA) is 42.0 Å². The van der Waals surface area contributed by atoms with Crippen LogP contribution in [0.15, 0.2) is 66.4 Å². The maximum Gasteiger partial charge on any atom is 0.211 e. The second-order valence-electron chi connectivity index (χ2n) is 4.99. The molecule has 0 amide bonds. The van der Waals surface area contributed by atoms with Crippen molar-refractivity contribution in [2.45, 2.75) is 0 Å². The first-order chi connectivity index (χ1) is 10.3. The van der Waals surface area contributed by atoms with Crippen LogP contribution in [0.2, 0.25) is 0 Å². The Hall–Kier alpha value is -2.94. The Bertz CT molecular complexity index is 896. The first-order valence-electron chi connectivity index (χ1n) is 6.79. The molecule has 0 radical (unpaired) electrons. The van der Waals surface area contributed by atoms with E-state index in [4.69, 9.17) is 0 Å². The van der Waals surface area contributed by atoms with E-state index in [1.165, 1.54) is 0 Å². The van der Waals surface area contributed by atoms with Crippen molar-refractivity contribution in [3.63, 3.8) is 0 Å². The highest BCUT2D eigenvalue weighted by atomic mass is 16.1. The molecule has 3 nitrogen and oxygen atoms in total. The molecule has 0 spiro atoms. The van der Waals surface area contributed by atoms with Crippen LogP contribution in [0.4, 0.5) is 5.69 Å². The van der Waals surface area contributed by atoms with Crippen molar-refractivity contribution < 1.29 is 4.79 Å². The van der Waals surface area contributed by atoms with E-state index in [-0.39, 0.29) is 5.78 Å². The van der Waals surface area contributed by atoms with Gasteiger partial charge in [-0.15, -0.1) is 0 Å². The van der Waals surface area contributed by atoms with Crippen LogP contribution in [0.5, 0.6) is 0 Å². The summed E-state index contributed by atoms with van der Waals surface area (Å²) in [6, 6.07) is 19.4. The second-order valence-corrected chi connectivity index (χ2v) is 4.99. The lowest BCUT2D eigenvalue weighted by Gasteiger charge is -2.01. The smallest absolute Gasteiger partial charge is 0.211 e. The molecule has 1 aromatic heterocycles. The maximum absolute atomic E-state index is 12.3. The summed E-state index contributed by atoms with van der Waals surface area (Å²) < 4.78 is 0. The summed E-state index contributed by atoms with van der Waals surface area (Å²) in [6.07, 6.45) is 1.80. The Balaban J connectivity index is 1.76. The highest BCUT2D eigenvalue weighted by Gasteiger charge is 2.23. The summed E-state index contributed by atoms with van der Waals surface area (Å²) in [5.74, 6) is 0.0144. The molecule has 0 unspecified atom stereocenters. The van der Waals surface area contributed by atoms with Crippen LogP contribution in [0, 0.1) is 0 Å². The molecule has 0 bridgehead atoms. The van der Waals surface area contributed by atoms with Gasteiger partial charge in [0.15, 0.2) is 0 Å². The molecule has 0 atom stereocenters. The number of benzene rings is 2. The van der Waals surface area contributed by atoms with Gasteiger partial charge in [0.1, 0.15) is 0 Å². The van der Waals surface area contributed by atoms with E-state index in [1.807, 2.05) is 60.7 Å². The molecule has 21 heavy (non-hydrogen) atoms. The third kappa shape index (κ3) is 1.99. The van der Waals surface area contributed by atoms with Crippen LogP contribution in [0.1, 0.15) is 16.1 Å². The summed E-state index contributed by atoms with van der Waals surface area (Å²) in [7, 11) is 0. The van der Waals surface area contributed by atoms with Crippen LogP contribution in [-0.2, 0) is 0 Å². The molecule has 4 rings (SSSR count). The van der Waals surface area contributed by atoms with Crippen molar-refractivity contribution in [1.82, 2.24) is 4.98 Å². The Morgan fingerprint density at radius 2 is 1.71 bits per heavy atom. The fourth-order valence-corrected chi connectivity index (χ4v) is 2.55. The molecular weight excluding hydrogens is 260 g/mol. The second kappa shape index (κ2) is 4.56. The number of fused-ring (bicyclic) bond motifs is 2. The number of nitrogens with one attached hydrogen (secondary N) is 1. The van der Waals surface area contributed by atoms with Crippen molar-refractivity contribution in [1.29, 1.82) is 0 Å². The Morgan fingerprint density at radius 3 is 2.62 bits per heavy atom. The largest absolute Gasteiger partial charge is 0.352 e. The predicted molar refractivity (Wildman–Crippen MR) is 84.1 cm³/mol. The van der Waals surface area contributed by atoms with Gasteiger partial charge in [0.25, 0.3) is 0 Å². The number of carbonyl (C=O) groups is 1. The van der Waals surface area contributed by atoms with Gasteiger partial charge < -0.3 is 5.32 Å². The van der Waals surface area contributed by atoms with E-state index in [0.29, 0.717) is 11.3 Å². The molecule has 100 valence electrons. The third-order valence-electron chi connectivity index (χ3n) is 3.60. The number of Topliss-reactive ketones (excluding diaryl/α,β-unsaturated/α-hetero) is 1. The number of nitrogens with zero attached hydrogens (tertiary/aromatic N) is 1. The van der Waals surface area contributed by atoms with Gasteiger partial charge in [-0.25, -0.2) is 4.98 Å². The maximum atomic E-state index is 12.3. The van der Waals surface area contributed by atoms with Gasteiger partial charge in [0.05, 0.1) is 16.9 Å². The molecular formula is C18H12N2O. The average molecular weight is 272 g/mol. The normalized spacial score (nSPS) is 15.2. The highest BCUT2D eigenvalue weighted by molar-refractivity contribution is 6.20. The lowest BCUT2D eigenvalue weighted by Crippen LogP contribution is -2.00. The molecule has 0 saturated heterocycles. The monoisotopic (exact) mass is 272 g/mol. The fourth-order valence-electron chi connectivity index (χ4n) is 2.55. The minimum absolute atomic E-state index is 0.0144. The average Bonchev–Trinajstić information content (AvgIpc) is 2.84. The van der Waals surface area contributed by atoms with Gasteiger partial charge in [-0.2, -0.15) is 0 Å². The molecule has 3 heteroatoms. The molecule has 3 aromatic rings. The van der Waals surface area contributed by atoms with Gasteiger partial charge in [0.2, 0.25) is 5.78 Å². The third-order valence-corrected chi connectivity index (χ3v) is 3.60. The van der Waals surface area contributed by atoms with Crippen LogP contribution in [0.3, 0.4) is 0 Å². The predicted octanol–water partition coefficient (Wildman–Crippen LogP) is 3.88. The number of rotatable bonds is 1. The number of ketones is 1. The lowest BCUT2D eigenvalue weighted by atomic mass is 10.1. The van der Waals surface area contributed by atoms with Gasteiger partial charge in [-0.1, -0.05) is 36.4 Å². The Labute approximate surface area is 122 Å². The van der Waals surface area contributed by atoms with E-state index < -0.39 is 0 Å². The number of para-hydroxylation sites is 2. The zero-order chi connectivity index (χ0) is 14.2. The summed E-state index contributed by atoms with van der Waals surface area (Å²) in [5.41, 5.74) is 3.84. The standard InChI is InChI=1S/C18H12N2O/c21-18-14-6-2-4-8-16(14)20-17(18)11-13-10-9-12-5-1-3-7-15(12)19-13/h1-11,20H/b17-11+. The van der Waals surface area contributed by atoms with E-state index >= 15 is 0 Å². The van der Waals surface area contributed by atoms with Crippen molar-refractivity contribution in [3.05, 3.63) is 77.6 Å². The highest BCUT2D eigenvalue weighted by Crippen LogP contribution is 2.28. The molecule has 0 fully saturated rings. The number of hydrogen-bond donors (Lipinski definition) is 1. The van der Waals surface area contributed by atoms with Gasteiger partial charge in [-0.3, -0.25) is 4.79 Å². The minimum Gasteiger partial charge on any atom is -0.352 e. The van der Waals surface area contributed by atoms with Crippen molar-refractivity contribution in [3.8, 4) is 0 Å². The van der Waals surface area contributed by atoms with Gasteiger partial charge in [-0.05, 0) is 30.3 Å². The first kappa shape index (κ1) is 11.9. The summed E-state index contributed by atoms with van der Waals surface area (Å²) in [4.78, 5) is 16.9. The van der Waals surface area contributed by atoms with Crippen molar-refractivity contribution in [2.75, 3.05) is 5.32 Å². The zero-order valence-electron chi connectivity index (χ0n) is 11.2. The molecule has 1 N–H and O–H groups in total. The van der Waals surface area contributed by atoms with Crippen LogP contribution >= 0.6 is 0 Å². The van der Waals surface area contributed by atoms with E-state index in [0.717, 1.165) is 22.3 Å². The lowest BCUT2D eigenvalue weighted by molar-refractivity contribution is 0.104. The summed E-state index contributed by atoms with van der Waals surface area (Å²) >= 11 is 0. The molecule has 0 aliphatic carbocycles. The summed E-state index contributed by atoms with van der Waals surface area (Å²) in [5, 5.41) is 4.24. The Morgan fingerprint density at radius 1 is 0.905 bits per heavy atom. The van der Waals surface area contributed by atoms with E-state index in [1.54, 1.807) is 6.08 Å². The number of aromatic nitrogens is 1. The number of anilines is 1. The molecule has 1 aliphatic rings. The fraction of sp³-hybridized carbons (Fsp3) is 0. The Kier molecular flexibility index (Phi) is 2.57. The quantitative estimate of drug-likeness (QED) is 0.683. The number of pyridine rings is 1. The van der Waals surface area contributed by atoms with Crippen molar-refractivity contribution in [2.24, 2.45) is 0 Å². The van der Waals surface area contributed by atoms with Crippen LogP contribution in [-0.4, -0.2) is 10.8 Å². The van der Waals surface area contributed by atoms with Gasteiger partial charge >= 0.3 is 0 Å². The van der Waals surface area contributed by atoms with E-state index in [2.05, 4.69) is 10.3 Å². The first-order valence-corrected chi connectivity index (χ1v) is 6.79. The summed E-state index contributed by atoms with van der Waals surface area (Å²) in [6.45, 7) is 0. The number of carbonyl (C=O) groups excluding carboxylic acids is 1. The minimum atomic E-state index is 0.0144. The van der Waals surface area contributed by atoms with Crippen LogP contribution in [0.25, 0.3) is 17.0 Å². The molecule has 1 aliphatic heterocycles. The van der Waals surface area contributed by atoms with Crippen LogP contribution < -0.4 is 5.32 Å². The van der Waals surface area contributed by atoms with E-state index in [9.17, 15) is 4.79 Å². The molecule has 2 heterocycles. The molecule has 0 saturated carbocycles. The zero-order valence-corrected chi connectivity index (χ0v) is 11.2.